The maximum Gasteiger partial charge on any atom is 0.234 e. The van der Waals surface area contributed by atoms with Crippen molar-refractivity contribution < 1.29 is 0 Å². The minimum absolute atomic E-state index is 0.421. The maximum atomic E-state index is 4.63. The van der Waals surface area contributed by atoms with Crippen molar-refractivity contribution in [2.75, 3.05) is 11.9 Å². The average Bonchev–Trinajstić information content (AvgIpc) is 2.79. The van der Waals surface area contributed by atoms with Crippen LogP contribution in [-0.4, -0.2) is 22.0 Å². The fourth-order valence-corrected chi connectivity index (χ4v) is 4.41. The van der Waals surface area contributed by atoms with Gasteiger partial charge in [0.1, 0.15) is 0 Å². The third kappa shape index (κ3) is 5.38. The number of nitrogens with zero attached hydrogens (tertiary/aromatic N) is 4. The molecule has 1 aliphatic rings. The number of hydrogen-bond donors (Lipinski definition) is 1. The fraction of sp³-hybridized carbons (Fsp3) is 0.240. The van der Waals surface area contributed by atoms with Crippen LogP contribution < -0.4 is 4.90 Å². The van der Waals surface area contributed by atoms with E-state index in [0.717, 1.165) is 11.4 Å². The van der Waals surface area contributed by atoms with Crippen LogP contribution in [0.15, 0.2) is 83.1 Å². The van der Waals surface area contributed by atoms with E-state index in [2.05, 4.69) is 83.9 Å². The molecule has 1 aliphatic carbocycles. The first-order valence-corrected chi connectivity index (χ1v) is 11.8. The van der Waals surface area contributed by atoms with Gasteiger partial charge in [-0.3, -0.25) is 0 Å². The van der Waals surface area contributed by atoms with Gasteiger partial charge in [-0.05, 0) is 40.7 Å². The van der Waals surface area contributed by atoms with Crippen molar-refractivity contribution in [3.63, 3.8) is 0 Å². The van der Waals surface area contributed by atoms with Crippen LogP contribution in [0.4, 0.5) is 11.6 Å². The molecular formula is C25H26N4S2. The Kier molecular flexibility index (Phi) is 6.78. The molecule has 158 valence electrons. The summed E-state index contributed by atoms with van der Waals surface area (Å²) in [5.74, 6) is 2.54. The van der Waals surface area contributed by atoms with Gasteiger partial charge in [-0.1, -0.05) is 86.3 Å². The summed E-state index contributed by atoms with van der Waals surface area (Å²) < 4.78 is 0. The minimum atomic E-state index is 0.421. The molecule has 0 aliphatic heterocycles. The van der Waals surface area contributed by atoms with Crippen LogP contribution in [0.5, 0.6) is 0 Å². The van der Waals surface area contributed by atoms with Gasteiger partial charge in [0.15, 0.2) is 10.3 Å². The second-order valence-corrected chi connectivity index (χ2v) is 9.14. The van der Waals surface area contributed by atoms with Gasteiger partial charge in [-0.2, -0.15) is 15.0 Å². The molecule has 1 heterocycles. The molecule has 2 unspecified atom stereocenters. The van der Waals surface area contributed by atoms with E-state index in [4.69, 9.17) is 0 Å². The Morgan fingerprint density at radius 3 is 2.39 bits per heavy atom. The van der Waals surface area contributed by atoms with E-state index in [9.17, 15) is 0 Å². The number of thioether (sulfide) groups is 1. The molecular weight excluding hydrogens is 420 g/mol. The third-order valence-electron chi connectivity index (χ3n) is 5.54. The van der Waals surface area contributed by atoms with Gasteiger partial charge in [-0.25, -0.2) is 0 Å². The predicted octanol–water partition coefficient (Wildman–Crippen LogP) is 6.45. The Morgan fingerprint density at radius 2 is 1.68 bits per heavy atom. The summed E-state index contributed by atoms with van der Waals surface area (Å²) in [6.07, 6.45) is 6.89. The Balaban J connectivity index is 1.44. The number of allylic oxidation sites excluding steroid dienone is 4. The number of thiol groups is 1. The van der Waals surface area contributed by atoms with Crippen molar-refractivity contribution in [1.29, 1.82) is 0 Å². The molecule has 0 spiro atoms. The molecule has 0 bridgehead atoms. The standard InChI is InChI=1S/C25H26N4S2/c1-17-9-12-21(15-18(17)2)20-13-10-19(11-14-20)16-31-25-27-23(26-24(30)28-25)29(3)22-7-5-4-6-8-22/h4-15,17-18H,16H2,1-3H3,(H,26,27,28,30). The molecule has 0 saturated carbocycles. The molecule has 0 saturated heterocycles. The van der Waals surface area contributed by atoms with Gasteiger partial charge in [0.2, 0.25) is 5.95 Å². The summed E-state index contributed by atoms with van der Waals surface area (Å²) in [6, 6.07) is 18.8. The highest BCUT2D eigenvalue weighted by Crippen LogP contribution is 2.29. The minimum Gasteiger partial charge on any atom is -0.313 e. The molecule has 6 heteroatoms. The fourth-order valence-electron chi connectivity index (χ4n) is 3.37. The first-order chi connectivity index (χ1) is 15.0. The van der Waals surface area contributed by atoms with Gasteiger partial charge in [0, 0.05) is 18.5 Å². The van der Waals surface area contributed by atoms with E-state index in [1.165, 1.54) is 16.7 Å². The highest BCUT2D eigenvalue weighted by atomic mass is 32.2. The normalized spacial score (nSPS) is 18.0. The highest BCUT2D eigenvalue weighted by Gasteiger charge is 2.14. The van der Waals surface area contributed by atoms with Gasteiger partial charge < -0.3 is 4.90 Å². The molecule has 0 fully saturated rings. The summed E-state index contributed by atoms with van der Waals surface area (Å²) >= 11 is 5.97. The van der Waals surface area contributed by atoms with E-state index in [1.807, 2.05) is 42.3 Å². The smallest absolute Gasteiger partial charge is 0.234 e. The van der Waals surface area contributed by atoms with Crippen LogP contribution in [0.25, 0.3) is 5.57 Å². The monoisotopic (exact) mass is 446 g/mol. The Labute approximate surface area is 194 Å². The van der Waals surface area contributed by atoms with Gasteiger partial charge in [0.25, 0.3) is 0 Å². The molecule has 31 heavy (non-hydrogen) atoms. The van der Waals surface area contributed by atoms with E-state index in [1.54, 1.807) is 11.8 Å². The molecule has 1 aromatic heterocycles. The molecule has 0 radical (unpaired) electrons. The first-order valence-electron chi connectivity index (χ1n) is 10.4. The molecule has 3 aromatic rings. The number of aromatic nitrogens is 3. The van der Waals surface area contributed by atoms with Crippen molar-refractivity contribution in [2.24, 2.45) is 11.8 Å². The highest BCUT2D eigenvalue weighted by molar-refractivity contribution is 7.98. The maximum absolute atomic E-state index is 4.63. The summed E-state index contributed by atoms with van der Waals surface area (Å²) in [4.78, 5) is 15.3. The first kappa shape index (κ1) is 21.7. The van der Waals surface area contributed by atoms with Crippen LogP contribution in [0, 0.1) is 11.8 Å². The Hall–Kier alpha value is -2.57. The summed E-state index contributed by atoms with van der Waals surface area (Å²) in [7, 11) is 1.95. The van der Waals surface area contributed by atoms with E-state index in [-0.39, 0.29) is 0 Å². The van der Waals surface area contributed by atoms with Crippen molar-refractivity contribution in [3.8, 4) is 0 Å². The zero-order valence-electron chi connectivity index (χ0n) is 17.9. The van der Waals surface area contributed by atoms with Gasteiger partial charge in [0.05, 0.1) is 0 Å². The van der Waals surface area contributed by atoms with E-state index >= 15 is 0 Å². The molecule has 4 nitrogen and oxygen atoms in total. The quantitative estimate of drug-likeness (QED) is 0.348. The molecule has 4 rings (SSSR count). The zero-order valence-corrected chi connectivity index (χ0v) is 19.6. The van der Waals surface area contributed by atoms with Crippen molar-refractivity contribution in [3.05, 3.63) is 84.0 Å². The topological polar surface area (TPSA) is 41.9 Å². The zero-order chi connectivity index (χ0) is 21.8. The number of para-hydroxylation sites is 1. The molecule has 0 amide bonds. The number of benzene rings is 2. The third-order valence-corrected chi connectivity index (χ3v) is 6.66. The Morgan fingerprint density at radius 1 is 0.935 bits per heavy atom. The predicted molar refractivity (Wildman–Crippen MR) is 133 cm³/mol. The molecule has 0 N–H and O–H groups in total. The van der Waals surface area contributed by atoms with Crippen LogP contribution in [0.2, 0.25) is 0 Å². The summed E-state index contributed by atoms with van der Waals surface area (Å²) in [6.45, 7) is 4.53. The van der Waals surface area contributed by atoms with Crippen LogP contribution >= 0.6 is 24.4 Å². The van der Waals surface area contributed by atoms with Crippen LogP contribution in [-0.2, 0) is 5.75 Å². The second-order valence-electron chi connectivity index (χ2n) is 7.80. The number of hydrogen-bond acceptors (Lipinski definition) is 6. The Bertz CT molecular complexity index is 1090. The largest absolute Gasteiger partial charge is 0.313 e. The lowest BCUT2D eigenvalue weighted by Crippen LogP contribution is -2.14. The number of anilines is 2. The lowest BCUT2D eigenvalue weighted by molar-refractivity contribution is 0.554. The molecule has 2 aromatic carbocycles. The lowest BCUT2D eigenvalue weighted by atomic mass is 9.86. The average molecular weight is 447 g/mol. The van der Waals surface area contributed by atoms with Crippen LogP contribution in [0.3, 0.4) is 0 Å². The van der Waals surface area contributed by atoms with E-state index in [0.29, 0.717) is 28.1 Å². The van der Waals surface area contributed by atoms with Gasteiger partial charge in [-0.15, -0.1) is 12.6 Å². The van der Waals surface area contributed by atoms with Crippen molar-refractivity contribution >= 4 is 41.6 Å². The lowest BCUT2D eigenvalue weighted by Gasteiger charge is -2.19. The summed E-state index contributed by atoms with van der Waals surface area (Å²) in [5, 5.41) is 1.09. The second kappa shape index (κ2) is 9.71. The number of rotatable bonds is 6. The van der Waals surface area contributed by atoms with E-state index < -0.39 is 0 Å². The van der Waals surface area contributed by atoms with Gasteiger partial charge >= 0.3 is 0 Å². The van der Waals surface area contributed by atoms with Crippen molar-refractivity contribution in [1.82, 2.24) is 15.0 Å². The summed E-state index contributed by atoms with van der Waals surface area (Å²) in [5.41, 5.74) is 4.81. The SMILES string of the molecule is CC1C=CC(c2ccc(CSc3nc(S)nc(N(C)c4ccccc4)n3)cc2)=CC1C. The van der Waals surface area contributed by atoms with Crippen molar-refractivity contribution in [2.45, 2.75) is 29.9 Å². The van der Waals surface area contributed by atoms with Crippen LogP contribution in [0.1, 0.15) is 25.0 Å². The molecule has 2 atom stereocenters.